The number of nitrogens with one attached hydrogen (secondary N) is 1. The number of benzene rings is 1. The van der Waals surface area contributed by atoms with Gasteiger partial charge in [0.15, 0.2) is 11.5 Å². The summed E-state index contributed by atoms with van der Waals surface area (Å²) in [5, 5.41) is 13.0. The molecule has 2 N–H and O–H groups in total. The Labute approximate surface area is 143 Å². The van der Waals surface area contributed by atoms with Crippen LogP contribution in [0, 0.1) is 5.92 Å². The van der Waals surface area contributed by atoms with Gasteiger partial charge in [0, 0.05) is 12.1 Å². The molecule has 25 heavy (non-hydrogen) atoms. The van der Waals surface area contributed by atoms with Crippen LogP contribution in [-0.4, -0.2) is 42.5 Å². The lowest BCUT2D eigenvalue weighted by Crippen LogP contribution is -2.48. The van der Waals surface area contributed by atoms with E-state index in [9.17, 15) is 23.1 Å². The van der Waals surface area contributed by atoms with Crippen LogP contribution >= 0.6 is 0 Å². The van der Waals surface area contributed by atoms with Crippen molar-refractivity contribution in [2.24, 2.45) is 5.92 Å². The van der Waals surface area contributed by atoms with Crippen molar-refractivity contribution in [3.8, 4) is 11.5 Å². The smallest absolute Gasteiger partial charge is 0.391 e. The number of halogens is 3. The van der Waals surface area contributed by atoms with Crippen LogP contribution < -0.4 is 14.8 Å². The van der Waals surface area contributed by atoms with Crippen molar-refractivity contribution in [2.75, 3.05) is 19.8 Å². The average molecular weight is 359 g/mol. The van der Waals surface area contributed by atoms with E-state index in [2.05, 4.69) is 5.32 Å². The molecule has 2 atom stereocenters. The van der Waals surface area contributed by atoms with E-state index in [0.29, 0.717) is 30.3 Å². The molecule has 0 radical (unpaired) electrons. The molecule has 1 aliphatic carbocycles. The molecule has 2 unspecified atom stereocenters. The quantitative estimate of drug-likeness (QED) is 0.871. The van der Waals surface area contributed by atoms with Crippen LogP contribution in [-0.2, 0) is 0 Å². The molecule has 1 aromatic rings. The Hall–Kier alpha value is -1.96. The van der Waals surface area contributed by atoms with Crippen LogP contribution in [0.5, 0.6) is 11.5 Å². The van der Waals surface area contributed by atoms with Crippen molar-refractivity contribution in [1.29, 1.82) is 0 Å². The first-order chi connectivity index (χ1) is 11.8. The molecule has 5 nitrogen and oxygen atoms in total. The highest BCUT2D eigenvalue weighted by atomic mass is 19.4. The summed E-state index contributed by atoms with van der Waals surface area (Å²) in [5.41, 5.74) is -1.24. The van der Waals surface area contributed by atoms with E-state index in [1.807, 2.05) is 0 Å². The molecule has 1 saturated carbocycles. The number of carbonyl (C=O) groups is 1. The minimum Gasteiger partial charge on any atom is -0.486 e. The number of carbonyl (C=O) groups excluding carboxylic acids is 1. The van der Waals surface area contributed by atoms with Crippen molar-refractivity contribution in [3.05, 3.63) is 23.8 Å². The summed E-state index contributed by atoms with van der Waals surface area (Å²) in [4.78, 5) is 12.3. The van der Waals surface area contributed by atoms with Crippen LogP contribution in [0.15, 0.2) is 18.2 Å². The van der Waals surface area contributed by atoms with Gasteiger partial charge in [-0.3, -0.25) is 4.79 Å². The number of amides is 1. The molecule has 1 fully saturated rings. The SMILES string of the molecule is O=C(NCC1(O)CCCC(C(F)(F)F)C1)c1ccc2c(c1)OCCO2. The van der Waals surface area contributed by atoms with Gasteiger partial charge in [-0.25, -0.2) is 0 Å². The topological polar surface area (TPSA) is 67.8 Å². The first-order valence-electron chi connectivity index (χ1n) is 8.24. The Kier molecular flexibility index (Phi) is 4.81. The predicted octanol–water partition coefficient (Wildman–Crippen LogP) is 2.67. The van der Waals surface area contributed by atoms with Gasteiger partial charge in [0.2, 0.25) is 0 Å². The minimum atomic E-state index is -4.33. The number of fused-ring (bicyclic) bond motifs is 1. The zero-order valence-corrected chi connectivity index (χ0v) is 13.6. The molecule has 1 aromatic carbocycles. The van der Waals surface area contributed by atoms with Crippen LogP contribution in [0.4, 0.5) is 13.2 Å². The van der Waals surface area contributed by atoms with Crippen LogP contribution in [0.2, 0.25) is 0 Å². The number of ether oxygens (including phenoxy) is 2. The summed E-state index contributed by atoms with van der Waals surface area (Å²) in [6.07, 6.45) is -4.18. The monoisotopic (exact) mass is 359 g/mol. The minimum absolute atomic E-state index is 0.0158. The number of aliphatic hydroxyl groups is 1. The lowest BCUT2D eigenvalue weighted by Gasteiger charge is -2.37. The second-order valence-electron chi connectivity index (χ2n) is 6.60. The summed E-state index contributed by atoms with van der Waals surface area (Å²) in [6.45, 7) is 0.607. The molecular formula is C17H20F3NO4. The molecule has 0 aromatic heterocycles. The third-order valence-electron chi connectivity index (χ3n) is 4.67. The average Bonchev–Trinajstić information content (AvgIpc) is 2.58. The predicted molar refractivity (Wildman–Crippen MR) is 82.7 cm³/mol. The van der Waals surface area contributed by atoms with E-state index in [1.54, 1.807) is 12.1 Å². The lowest BCUT2D eigenvalue weighted by molar-refractivity contribution is -0.199. The van der Waals surface area contributed by atoms with Crippen molar-refractivity contribution >= 4 is 5.91 Å². The second-order valence-corrected chi connectivity index (χ2v) is 6.60. The molecule has 0 saturated heterocycles. The van der Waals surface area contributed by atoms with Gasteiger partial charge in [0.05, 0.1) is 11.5 Å². The van der Waals surface area contributed by atoms with Crippen molar-refractivity contribution in [2.45, 2.75) is 37.5 Å². The molecule has 3 rings (SSSR count). The van der Waals surface area contributed by atoms with Gasteiger partial charge in [-0.1, -0.05) is 0 Å². The van der Waals surface area contributed by atoms with Gasteiger partial charge < -0.3 is 19.9 Å². The highest BCUT2D eigenvalue weighted by Gasteiger charge is 2.47. The molecule has 1 aliphatic heterocycles. The molecule has 2 aliphatic rings. The normalized spacial score (nSPS) is 26.2. The van der Waals surface area contributed by atoms with Gasteiger partial charge in [-0.15, -0.1) is 0 Å². The zero-order valence-electron chi connectivity index (χ0n) is 13.6. The fourth-order valence-corrected chi connectivity index (χ4v) is 3.31. The number of hydrogen-bond acceptors (Lipinski definition) is 4. The summed E-state index contributed by atoms with van der Waals surface area (Å²) < 4.78 is 49.4. The van der Waals surface area contributed by atoms with Gasteiger partial charge in [-0.05, 0) is 43.9 Å². The summed E-state index contributed by atoms with van der Waals surface area (Å²) in [5.74, 6) is -1.01. The Morgan fingerprint density at radius 2 is 2.00 bits per heavy atom. The highest BCUT2D eigenvalue weighted by Crippen LogP contribution is 2.41. The maximum atomic E-state index is 12.9. The zero-order chi connectivity index (χ0) is 18.1. The van der Waals surface area contributed by atoms with Crippen LogP contribution in [0.25, 0.3) is 0 Å². The fourth-order valence-electron chi connectivity index (χ4n) is 3.31. The maximum absolute atomic E-state index is 12.9. The fraction of sp³-hybridized carbons (Fsp3) is 0.588. The number of rotatable bonds is 3. The highest BCUT2D eigenvalue weighted by molar-refractivity contribution is 5.94. The van der Waals surface area contributed by atoms with E-state index in [-0.39, 0.29) is 25.8 Å². The van der Waals surface area contributed by atoms with Crippen LogP contribution in [0.3, 0.4) is 0 Å². The van der Waals surface area contributed by atoms with Crippen LogP contribution in [0.1, 0.15) is 36.0 Å². The molecule has 0 bridgehead atoms. The van der Waals surface area contributed by atoms with E-state index in [0.717, 1.165) is 0 Å². The Morgan fingerprint density at radius 3 is 2.72 bits per heavy atom. The second kappa shape index (κ2) is 6.74. The first kappa shape index (κ1) is 17.8. The third-order valence-corrected chi connectivity index (χ3v) is 4.67. The Bertz CT molecular complexity index is 649. The molecule has 0 spiro atoms. The third kappa shape index (κ3) is 4.18. The van der Waals surface area contributed by atoms with E-state index in [4.69, 9.17) is 9.47 Å². The molecule has 8 heteroatoms. The largest absolute Gasteiger partial charge is 0.486 e. The van der Waals surface area contributed by atoms with E-state index < -0.39 is 30.0 Å². The Balaban J connectivity index is 1.61. The van der Waals surface area contributed by atoms with Gasteiger partial charge in [-0.2, -0.15) is 13.2 Å². The lowest BCUT2D eigenvalue weighted by atomic mass is 9.77. The molecule has 1 heterocycles. The Morgan fingerprint density at radius 1 is 1.28 bits per heavy atom. The summed E-state index contributed by atoms with van der Waals surface area (Å²) >= 11 is 0. The van der Waals surface area contributed by atoms with Crippen molar-refractivity contribution in [3.63, 3.8) is 0 Å². The van der Waals surface area contributed by atoms with Crippen molar-refractivity contribution in [1.82, 2.24) is 5.32 Å². The van der Waals surface area contributed by atoms with Gasteiger partial charge >= 0.3 is 6.18 Å². The standard InChI is InChI=1S/C17H20F3NO4/c18-17(19,20)12-2-1-5-16(23,9-12)10-21-15(22)11-3-4-13-14(8-11)25-7-6-24-13/h3-4,8,12,23H,1-2,5-7,9-10H2,(H,21,22). The molecule has 1 amide bonds. The summed E-state index contributed by atoms with van der Waals surface area (Å²) in [7, 11) is 0. The first-order valence-corrected chi connectivity index (χ1v) is 8.24. The van der Waals surface area contributed by atoms with Gasteiger partial charge in [0.25, 0.3) is 5.91 Å². The molecule has 138 valence electrons. The number of alkyl halides is 3. The van der Waals surface area contributed by atoms with Crippen molar-refractivity contribution < 1.29 is 32.5 Å². The van der Waals surface area contributed by atoms with E-state index in [1.165, 1.54) is 6.07 Å². The maximum Gasteiger partial charge on any atom is 0.391 e. The summed E-state index contributed by atoms with van der Waals surface area (Å²) in [6, 6.07) is 4.68. The number of hydrogen-bond donors (Lipinski definition) is 2. The van der Waals surface area contributed by atoms with E-state index >= 15 is 0 Å². The molecular weight excluding hydrogens is 339 g/mol. The van der Waals surface area contributed by atoms with Gasteiger partial charge in [0.1, 0.15) is 13.2 Å².